The maximum absolute atomic E-state index is 5.75. The fourth-order valence-electron chi connectivity index (χ4n) is 1.28. The summed E-state index contributed by atoms with van der Waals surface area (Å²) in [4.78, 5) is 4.15. The van der Waals surface area contributed by atoms with Crippen molar-refractivity contribution < 1.29 is 0 Å². The molecule has 2 aromatic rings. The van der Waals surface area contributed by atoms with Gasteiger partial charge in [-0.25, -0.2) is 4.98 Å². The Morgan fingerprint density at radius 2 is 2.12 bits per heavy atom. The van der Waals surface area contributed by atoms with Gasteiger partial charge in [-0.3, -0.25) is 4.68 Å². The molecule has 0 saturated carbocycles. The summed E-state index contributed by atoms with van der Waals surface area (Å²) in [6.07, 6.45) is 5.33. The van der Waals surface area contributed by atoms with Crippen molar-refractivity contribution in [3.8, 4) is 0 Å². The molecule has 0 atom stereocenters. The lowest BCUT2D eigenvalue weighted by molar-refractivity contribution is 0.532. The third-order valence-corrected chi connectivity index (χ3v) is 2.35. The van der Waals surface area contributed by atoms with E-state index in [1.165, 1.54) is 0 Å². The smallest absolute Gasteiger partial charge is 0.130 e. The summed E-state index contributed by atoms with van der Waals surface area (Å²) in [6, 6.07) is 3.98. The van der Waals surface area contributed by atoms with E-state index in [1.54, 1.807) is 18.5 Å². The van der Waals surface area contributed by atoms with Crippen molar-refractivity contribution in [2.24, 2.45) is 0 Å². The van der Waals surface area contributed by atoms with Gasteiger partial charge in [-0.1, -0.05) is 11.6 Å². The second kappa shape index (κ2) is 4.53. The third kappa shape index (κ3) is 2.52. The highest BCUT2D eigenvalue weighted by molar-refractivity contribution is 6.30. The van der Waals surface area contributed by atoms with Crippen molar-refractivity contribution in [3.05, 3.63) is 35.7 Å². The van der Waals surface area contributed by atoms with Gasteiger partial charge in [0.15, 0.2) is 0 Å². The summed E-state index contributed by atoms with van der Waals surface area (Å²) in [5, 5.41) is 8.01. The number of rotatable bonds is 3. The predicted molar refractivity (Wildman–Crippen MR) is 65.1 cm³/mol. The molecule has 2 rings (SSSR count). The summed E-state index contributed by atoms with van der Waals surface area (Å²) >= 11 is 5.75. The van der Waals surface area contributed by atoms with Crippen LogP contribution in [0, 0.1) is 0 Å². The zero-order valence-corrected chi connectivity index (χ0v) is 9.94. The van der Waals surface area contributed by atoms with E-state index in [2.05, 4.69) is 29.2 Å². The zero-order valence-electron chi connectivity index (χ0n) is 9.18. The Hall–Kier alpha value is -1.55. The van der Waals surface area contributed by atoms with Gasteiger partial charge in [0.25, 0.3) is 0 Å². The molecule has 0 saturated heterocycles. The molecule has 0 bridgehead atoms. The van der Waals surface area contributed by atoms with Gasteiger partial charge >= 0.3 is 0 Å². The molecular formula is C11H13ClN4. The Morgan fingerprint density at radius 3 is 2.69 bits per heavy atom. The van der Waals surface area contributed by atoms with E-state index < -0.39 is 0 Å². The van der Waals surface area contributed by atoms with E-state index in [4.69, 9.17) is 11.6 Å². The number of nitrogens with zero attached hydrogens (tertiary/aromatic N) is 3. The lowest BCUT2D eigenvalue weighted by Gasteiger charge is -2.04. The highest BCUT2D eigenvalue weighted by Crippen LogP contribution is 2.16. The molecule has 0 unspecified atom stereocenters. The molecule has 0 aliphatic heterocycles. The third-order valence-electron chi connectivity index (χ3n) is 2.13. The number of anilines is 2. The molecule has 0 fully saturated rings. The number of aromatic nitrogens is 3. The van der Waals surface area contributed by atoms with Crippen molar-refractivity contribution in [2.45, 2.75) is 19.9 Å². The fraction of sp³-hybridized carbons (Fsp3) is 0.273. The van der Waals surface area contributed by atoms with Crippen LogP contribution in [-0.2, 0) is 0 Å². The Bertz CT molecular complexity index is 461. The second-order valence-electron chi connectivity index (χ2n) is 3.79. The molecule has 0 aliphatic rings. The first-order chi connectivity index (χ1) is 7.65. The first-order valence-electron chi connectivity index (χ1n) is 5.08. The van der Waals surface area contributed by atoms with Crippen molar-refractivity contribution in [1.29, 1.82) is 0 Å². The molecule has 0 radical (unpaired) electrons. The minimum Gasteiger partial charge on any atom is -0.338 e. The minimum atomic E-state index is 0.355. The van der Waals surface area contributed by atoms with Crippen LogP contribution in [0.5, 0.6) is 0 Å². The summed E-state index contributed by atoms with van der Waals surface area (Å²) in [6.45, 7) is 4.16. The van der Waals surface area contributed by atoms with Crippen LogP contribution in [-0.4, -0.2) is 14.8 Å². The molecule has 0 amide bonds. The normalized spacial score (nSPS) is 10.8. The highest BCUT2D eigenvalue weighted by Gasteiger charge is 2.02. The minimum absolute atomic E-state index is 0.355. The van der Waals surface area contributed by atoms with Crippen molar-refractivity contribution >= 4 is 23.1 Å². The van der Waals surface area contributed by atoms with Gasteiger partial charge in [0.05, 0.1) is 16.9 Å². The molecule has 0 spiro atoms. The Balaban J connectivity index is 2.11. The number of hydrogen-bond acceptors (Lipinski definition) is 3. The van der Waals surface area contributed by atoms with Gasteiger partial charge in [0.2, 0.25) is 0 Å². The van der Waals surface area contributed by atoms with Crippen LogP contribution >= 0.6 is 11.6 Å². The van der Waals surface area contributed by atoms with Crippen LogP contribution in [0.15, 0.2) is 30.7 Å². The van der Waals surface area contributed by atoms with Crippen molar-refractivity contribution in [3.63, 3.8) is 0 Å². The van der Waals surface area contributed by atoms with Crippen LogP contribution in [0.2, 0.25) is 5.02 Å². The van der Waals surface area contributed by atoms with Crippen molar-refractivity contribution in [1.82, 2.24) is 14.8 Å². The molecular weight excluding hydrogens is 224 g/mol. The van der Waals surface area contributed by atoms with E-state index in [-0.39, 0.29) is 0 Å². The van der Waals surface area contributed by atoms with Gasteiger partial charge in [0, 0.05) is 18.4 Å². The number of halogens is 1. The Labute approximate surface area is 99.3 Å². The SMILES string of the molecule is CC(C)n1cc(Nc2ccc(Cl)cn2)cn1. The molecule has 4 nitrogen and oxygen atoms in total. The highest BCUT2D eigenvalue weighted by atomic mass is 35.5. The van der Waals surface area contributed by atoms with Crippen molar-refractivity contribution in [2.75, 3.05) is 5.32 Å². The molecule has 2 heterocycles. The molecule has 5 heteroatoms. The molecule has 2 aromatic heterocycles. The van der Waals surface area contributed by atoms with Gasteiger partial charge in [-0.15, -0.1) is 0 Å². The molecule has 16 heavy (non-hydrogen) atoms. The summed E-state index contributed by atoms with van der Waals surface area (Å²) in [7, 11) is 0. The fourth-order valence-corrected chi connectivity index (χ4v) is 1.39. The van der Waals surface area contributed by atoms with Crippen LogP contribution in [0.4, 0.5) is 11.5 Å². The van der Waals surface area contributed by atoms with Crippen LogP contribution in [0.1, 0.15) is 19.9 Å². The molecule has 84 valence electrons. The maximum atomic E-state index is 5.75. The van der Waals surface area contributed by atoms with Gasteiger partial charge in [-0.05, 0) is 26.0 Å². The van der Waals surface area contributed by atoms with Gasteiger partial charge in [0.1, 0.15) is 5.82 Å². The average molecular weight is 237 g/mol. The van der Waals surface area contributed by atoms with Gasteiger partial charge in [-0.2, -0.15) is 5.10 Å². The lowest BCUT2D eigenvalue weighted by atomic mass is 10.4. The number of hydrogen-bond donors (Lipinski definition) is 1. The standard InChI is InChI=1S/C11H13ClN4/c1-8(2)16-7-10(6-14-16)15-11-4-3-9(12)5-13-11/h3-8H,1-2H3,(H,13,15). The average Bonchev–Trinajstić information content (AvgIpc) is 2.70. The second-order valence-corrected chi connectivity index (χ2v) is 4.23. The quantitative estimate of drug-likeness (QED) is 0.890. The van der Waals surface area contributed by atoms with E-state index in [0.29, 0.717) is 11.1 Å². The van der Waals surface area contributed by atoms with Crippen LogP contribution < -0.4 is 5.32 Å². The van der Waals surface area contributed by atoms with E-state index in [1.807, 2.05) is 16.9 Å². The first kappa shape index (κ1) is 11.0. The van der Waals surface area contributed by atoms with Crippen LogP contribution in [0.25, 0.3) is 0 Å². The summed E-state index contributed by atoms with van der Waals surface area (Å²) < 4.78 is 1.89. The number of pyridine rings is 1. The largest absolute Gasteiger partial charge is 0.338 e. The topological polar surface area (TPSA) is 42.7 Å². The van der Waals surface area contributed by atoms with E-state index in [9.17, 15) is 0 Å². The predicted octanol–water partition coefficient (Wildman–Crippen LogP) is 3.26. The summed E-state index contributed by atoms with van der Waals surface area (Å²) in [5.74, 6) is 0.757. The van der Waals surface area contributed by atoms with E-state index >= 15 is 0 Å². The molecule has 1 N–H and O–H groups in total. The lowest BCUT2D eigenvalue weighted by Crippen LogP contribution is -2.00. The monoisotopic (exact) mass is 236 g/mol. The maximum Gasteiger partial charge on any atom is 0.130 e. The Kier molecular flexibility index (Phi) is 3.10. The first-order valence-corrected chi connectivity index (χ1v) is 5.45. The summed E-state index contributed by atoms with van der Waals surface area (Å²) in [5.41, 5.74) is 0.920. The molecule has 0 aromatic carbocycles. The van der Waals surface area contributed by atoms with Gasteiger partial charge < -0.3 is 5.32 Å². The van der Waals surface area contributed by atoms with E-state index in [0.717, 1.165) is 11.5 Å². The zero-order chi connectivity index (χ0) is 11.5. The molecule has 0 aliphatic carbocycles. The number of nitrogens with one attached hydrogen (secondary N) is 1. The van der Waals surface area contributed by atoms with Crippen LogP contribution in [0.3, 0.4) is 0 Å². The Morgan fingerprint density at radius 1 is 1.31 bits per heavy atom.